The third-order valence-electron chi connectivity index (χ3n) is 8.30. The molecule has 0 aliphatic heterocycles. The van der Waals surface area contributed by atoms with Crippen molar-refractivity contribution in [1.29, 1.82) is 0 Å². The fourth-order valence-corrected chi connectivity index (χ4v) is 6.87. The van der Waals surface area contributed by atoms with Crippen LogP contribution in [-0.2, 0) is 32.6 Å². The van der Waals surface area contributed by atoms with Gasteiger partial charge in [-0.05, 0) is 66.4 Å². The number of nitrogens with zero attached hydrogens (tertiary/aromatic N) is 2. The molecule has 1 aliphatic carbocycles. The molecule has 4 aromatic rings. The summed E-state index contributed by atoms with van der Waals surface area (Å²) in [5, 5.41) is 3.65. The van der Waals surface area contributed by atoms with Gasteiger partial charge in [-0.1, -0.05) is 97.6 Å². The minimum atomic E-state index is -3.91. The number of carbonyl (C=O) groups is 2. The molecule has 0 bridgehead atoms. The van der Waals surface area contributed by atoms with Gasteiger partial charge in [0.1, 0.15) is 24.1 Å². The lowest BCUT2D eigenvalue weighted by Crippen LogP contribution is -2.55. The van der Waals surface area contributed by atoms with E-state index in [0.717, 1.165) is 48.2 Å². The van der Waals surface area contributed by atoms with Crippen molar-refractivity contribution in [3.63, 3.8) is 0 Å². The van der Waals surface area contributed by atoms with Crippen LogP contribution >= 0.6 is 11.6 Å². The van der Waals surface area contributed by atoms with Gasteiger partial charge in [-0.25, -0.2) is 8.42 Å². The van der Waals surface area contributed by atoms with Crippen molar-refractivity contribution in [2.75, 3.05) is 17.1 Å². The minimum absolute atomic E-state index is 0.0234. The van der Waals surface area contributed by atoms with E-state index in [1.807, 2.05) is 66.7 Å². The molecule has 1 atom stereocenters. The standard InChI is InChI=1S/C37H40ClN3O5S/c1-47(44,45)41(31-21-23-33(24-22-31)46-32-18-9-4-10-19-32)27-36(42)40(26-29-15-11-12-20-34(29)38)35(25-28-13-5-2-6-14-28)37(43)39-30-16-7-3-8-17-30/h2,4-6,9-15,18-24,30,35H,3,7-8,16-17,25-27H2,1H3,(H,39,43)/t35-/m1/s1. The summed E-state index contributed by atoms with van der Waals surface area (Å²) in [7, 11) is -3.91. The highest BCUT2D eigenvalue weighted by Gasteiger charge is 2.34. The lowest BCUT2D eigenvalue weighted by atomic mass is 9.94. The van der Waals surface area contributed by atoms with Crippen LogP contribution in [0.3, 0.4) is 0 Å². The van der Waals surface area contributed by atoms with Gasteiger partial charge in [-0.15, -0.1) is 0 Å². The second-order valence-electron chi connectivity index (χ2n) is 11.8. The van der Waals surface area contributed by atoms with Crippen LogP contribution in [-0.4, -0.2) is 50.0 Å². The molecule has 0 spiro atoms. The number of halogens is 1. The van der Waals surface area contributed by atoms with Crippen LogP contribution in [0.4, 0.5) is 5.69 Å². The third kappa shape index (κ3) is 9.59. The van der Waals surface area contributed by atoms with Gasteiger partial charge in [0, 0.05) is 24.0 Å². The van der Waals surface area contributed by atoms with Crippen LogP contribution in [0.5, 0.6) is 11.5 Å². The largest absolute Gasteiger partial charge is 0.457 e. The van der Waals surface area contributed by atoms with Crippen LogP contribution in [0.15, 0.2) is 109 Å². The molecule has 5 rings (SSSR count). The van der Waals surface area contributed by atoms with Crippen LogP contribution in [0, 0.1) is 0 Å². The number of hydrogen-bond acceptors (Lipinski definition) is 5. The van der Waals surface area contributed by atoms with Crippen molar-refractivity contribution in [3.8, 4) is 11.5 Å². The Balaban J connectivity index is 1.46. The Hall–Kier alpha value is -4.34. The van der Waals surface area contributed by atoms with Crippen molar-refractivity contribution >= 4 is 39.1 Å². The molecule has 47 heavy (non-hydrogen) atoms. The maximum atomic E-state index is 14.4. The molecule has 4 aromatic carbocycles. The number of hydrogen-bond donors (Lipinski definition) is 1. The molecule has 1 N–H and O–H groups in total. The van der Waals surface area contributed by atoms with E-state index in [2.05, 4.69) is 5.32 Å². The van der Waals surface area contributed by atoms with E-state index in [1.54, 1.807) is 42.5 Å². The number of benzene rings is 4. The van der Waals surface area contributed by atoms with Crippen molar-refractivity contribution in [2.24, 2.45) is 0 Å². The van der Waals surface area contributed by atoms with E-state index in [0.29, 0.717) is 27.8 Å². The monoisotopic (exact) mass is 673 g/mol. The summed E-state index contributed by atoms with van der Waals surface area (Å²) in [5.74, 6) is 0.359. The van der Waals surface area contributed by atoms with E-state index in [4.69, 9.17) is 16.3 Å². The first-order valence-electron chi connectivity index (χ1n) is 15.9. The maximum absolute atomic E-state index is 14.4. The zero-order valence-corrected chi connectivity index (χ0v) is 28.0. The SMILES string of the molecule is CS(=O)(=O)N(CC(=O)N(Cc1ccccc1Cl)[C@H](Cc1ccccc1)C(=O)NC1CCCCC1)c1ccc(Oc2ccccc2)cc1. The molecule has 246 valence electrons. The van der Waals surface area contributed by atoms with Crippen molar-refractivity contribution in [1.82, 2.24) is 10.2 Å². The van der Waals surface area contributed by atoms with Gasteiger partial charge in [0.05, 0.1) is 11.9 Å². The summed E-state index contributed by atoms with van der Waals surface area (Å²) in [4.78, 5) is 30.0. The predicted octanol–water partition coefficient (Wildman–Crippen LogP) is 6.99. The molecule has 0 aromatic heterocycles. The molecular formula is C37H40ClN3O5S. The number of rotatable bonds is 13. The van der Waals surface area contributed by atoms with Crippen molar-refractivity contribution in [3.05, 3.63) is 125 Å². The Morgan fingerprint density at radius 2 is 1.43 bits per heavy atom. The quantitative estimate of drug-likeness (QED) is 0.165. The van der Waals surface area contributed by atoms with E-state index < -0.39 is 28.5 Å². The number of para-hydroxylation sites is 1. The number of ether oxygens (including phenoxy) is 1. The summed E-state index contributed by atoms with van der Waals surface area (Å²) < 4.78 is 33.2. The average Bonchev–Trinajstić information content (AvgIpc) is 3.07. The molecule has 0 unspecified atom stereocenters. The minimum Gasteiger partial charge on any atom is -0.457 e. The van der Waals surface area contributed by atoms with Gasteiger partial charge in [0.25, 0.3) is 0 Å². The fourth-order valence-electron chi connectivity index (χ4n) is 5.83. The normalized spacial score (nSPS) is 14.2. The predicted molar refractivity (Wildman–Crippen MR) is 186 cm³/mol. The zero-order chi connectivity index (χ0) is 33.2. The average molecular weight is 674 g/mol. The van der Waals surface area contributed by atoms with Gasteiger partial charge < -0.3 is 15.0 Å². The Kier molecular flexibility index (Phi) is 11.6. The second kappa shape index (κ2) is 16.0. The van der Waals surface area contributed by atoms with Crippen LogP contribution in [0.25, 0.3) is 0 Å². The molecule has 8 nitrogen and oxygen atoms in total. The van der Waals surface area contributed by atoms with E-state index in [1.165, 1.54) is 4.90 Å². The van der Waals surface area contributed by atoms with E-state index >= 15 is 0 Å². The summed E-state index contributed by atoms with van der Waals surface area (Å²) in [6.07, 6.45) is 6.29. The fraction of sp³-hybridized carbons (Fsp3) is 0.297. The Morgan fingerprint density at radius 3 is 2.06 bits per heavy atom. The van der Waals surface area contributed by atoms with Crippen molar-refractivity contribution in [2.45, 2.75) is 57.2 Å². The van der Waals surface area contributed by atoms with E-state index in [9.17, 15) is 18.0 Å². The molecule has 0 saturated heterocycles. The molecule has 0 radical (unpaired) electrons. The smallest absolute Gasteiger partial charge is 0.244 e. The van der Waals surface area contributed by atoms with E-state index in [-0.39, 0.29) is 24.9 Å². The van der Waals surface area contributed by atoms with Gasteiger partial charge in [-0.2, -0.15) is 0 Å². The Labute approximate surface area is 282 Å². The number of amides is 2. The summed E-state index contributed by atoms with van der Waals surface area (Å²) in [6.45, 7) is -0.486. The molecule has 1 aliphatic rings. The molecular weight excluding hydrogens is 634 g/mol. The first-order chi connectivity index (χ1) is 22.7. The van der Waals surface area contributed by atoms with Gasteiger partial charge in [0.15, 0.2) is 0 Å². The Bertz CT molecular complexity index is 1730. The number of sulfonamides is 1. The molecule has 2 amide bonds. The van der Waals surface area contributed by atoms with Gasteiger partial charge in [-0.3, -0.25) is 13.9 Å². The highest BCUT2D eigenvalue weighted by Crippen LogP contribution is 2.27. The lowest BCUT2D eigenvalue weighted by molar-refractivity contribution is -0.140. The van der Waals surface area contributed by atoms with Crippen LogP contribution in [0.1, 0.15) is 43.2 Å². The molecule has 10 heteroatoms. The highest BCUT2D eigenvalue weighted by atomic mass is 35.5. The van der Waals surface area contributed by atoms with Crippen LogP contribution in [0.2, 0.25) is 5.02 Å². The van der Waals surface area contributed by atoms with Gasteiger partial charge in [0.2, 0.25) is 21.8 Å². The summed E-state index contributed by atoms with van der Waals surface area (Å²) >= 11 is 6.56. The number of anilines is 1. The summed E-state index contributed by atoms with van der Waals surface area (Å²) in [5.41, 5.74) is 1.83. The second-order valence-corrected chi connectivity index (χ2v) is 14.2. The number of carbonyl (C=O) groups excluding carboxylic acids is 2. The highest BCUT2D eigenvalue weighted by molar-refractivity contribution is 7.92. The zero-order valence-electron chi connectivity index (χ0n) is 26.4. The molecule has 0 heterocycles. The molecule has 1 saturated carbocycles. The first-order valence-corrected chi connectivity index (χ1v) is 18.1. The third-order valence-corrected chi connectivity index (χ3v) is 9.81. The van der Waals surface area contributed by atoms with Crippen molar-refractivity contribution < 1.29 is 22.7 Å². The van der Waals surface area contributed by atoms with Crippen LogP contribution < -0.4 is 14.4 Å². The summed E-state index contributed by atoms with van der Waals surface area (Å²) in [6, 6.07) is 31.5. The number of nitrogens with one attached hydrogen (secondary N) is 1. The lowest BCUT2D eigenvalue weighted by Gasteiger charge is -2.35. The first kappa shape index (κ1) is 34.0. The molecule has 1 fully saturated rings. The topological polar surface area (TPSA) is 96.0 Å². The van der Waals surface area contributed by atoms with Gasteiger partial charge >= 0.3 is 0 Å². The maximum Gasteiger partial charge on any atom is 0.244 e. The Morgan fingerprint density at radius 1 is 0.830 bits per heavy atom.